The minimum Gasteiger partial charge on any atom is -0.412 e. The van der Waals surface area contributed by atoms with E-state index in [0.29, 0.717) is 0 Å². The molecule has 0 rings (SSSR count). The molecule has 0 amide bonds. The van der Waals surface area contributed by atoms with Gasteiger partial charge in [0.2, 0.25) is 0 Å². The molecule has 0 spiro atoms. The molecular weight excluding hydrogens is 575 g/mol. The van der Waals surface area contributed by atoms with E-state index in [2.05, 4.69) is 0 Å². The number of hydrogen-bond acceptors (Lipinski definition) is 0. The Hall–Kier alpha value is 4.66. The van der Waals surface area contributed by atoms with E-state index in [9.17, 15) is 0 Å². The maximum absolute atomic E-state index is 0. The predicted octanol–water partition coefficient (Wildman–Crippen LogP) is -3.30. The summed E-state index contributed by atoms with van der Waals surface area (Å²) in [6.45, 7) is 0. The van der Waals surface area contributed by atoms with Gasteiger partial charge in [0.25, 0.3) is 0 Å². The van der Waals surface area contributed by atoms with Gasteiger partial charge in [-0.05, 0) is 0 Å². The van der Waals surface area contributed by atoms with Crippen LogP contribution in [0.15, 0.2) is 0 Å². The van der Waals surface area contributed by atoms with Crippen molar-refractivity contribution in [1.29, 1.82) is 0 Å². The second-order valence-corrected chi connectivity index (χ2v) is 0. The molecule has 0 fully saturated rings. The van der Waals surface area contributed by atoms with Crippen molar-refractivity contribution in [2.24, 2.45) is 0 Å². The van der Waals surface area contributed by atoms with Crippen molar-refractivity contribution in [3.05, 3.63) is 0 Å². The first-order valence-corrected chi connectivity index (χ1v) is 0. The molecule has 0 saturated carbocycles. The van der Waals surface area contributed by atoms with Crippen molar-refractivity contribution in [1.82, 2.24) is 0 Å². The summed E-state index contributed by atoms with van der Waals surface area (Å²) in [6, 6.07) is 0. The molecule has 0 aliphatic carbocycles. The van der Waals surface area contributed by atoms with E-state index < -0.39 is 0 Å². The molecule has 4 nitrogen and oxygen atoms in total. The van der Waals surface area contributed by atoms with Gasteiger partial charge >= 0.3 is 0 Å². The van der Waals surface area contributed by atoms with Crippen LogP contribution in [0.3, 0.4) is 0 Å². The van der Waals surface area contributed by atoms with E-state index in [4.69, 9.17) is 0 Å². The molecule has 46 valence electrons. The summed E-state index contributed by atoms with van der Waals surface area (Å²) in [6.07, 6.45) is 0. The van der Waals surface area contributed by atoms with Crippen LogP contribution in [0, 0.1) is 119 Å². The maximum Gasteiger partial charge on any atom is 0 e. The average molecular weight is 583 g/mol. The van der Waals surface area contributed by atoms with E-state index in [0.717, 1.165) is 0 Å². The van der Waals surface area contributed by atoms with Gasteiger partial charge < -0.3 is 21.9 Å². The Labute approximate surface area is 162 Å². The molecule has 0 aromatic heterocycles. The quantitative estimate of drug-likeness (QED) is 0.284. The molecule has 0 aromatic rings. The zero-order valence-electron chi connectivity index (χ0n) is 4.15. The van der Waals surface area contributed by atoms with Crippen LogP contribution in [0.25, 0.3) is 0 Å². The normalized spacial score (nSPS) is 0. The molecule has 0 aromatic carbocycles. The van der Waals surface area contributed by atoms with Gasteiger partial charge in [-0.2, -0.15) is 0 Å². The van der Waals surface area contributed by atoms with Gasteiger partial charge in [0.1, 0.15) is 0 Å². The average Bonchev–Trinajstić information content (AvgIpc) is 0. The molecule has 0 heterocycles. The zero-order chi connectivity index (χ0) is 0. The SMILES string of the molecule is O.O.O.O.[Ce].[La].[Pr].[Zr]. The van der Waals surface area contributed by atoms with E-state index in [1.807, 2.05) is 0 Å². The molecule has 8 heteroatoms. The molecule has 2 radical (unpaired) electrons. The van der Waals surface area contributed by atoms with Crippen LogP contribution in [0.2, 0.25) is 0 Å². The molecule has 0 atom stereocenters. The second kappa shape index (κ2) is 61.0. The summed E-state index contributed by atoms with van der Waals surface area (Å²) >= 11 is 0. The van der Waals surface area contributed by atoms with E-state index in [1.54, 1.807) is 0 Å². The van der Waals surface area contributed by atoms with Gasteiger partial charge in [-0.3, -0.25) is 0 Å². The summed E-state index contributed by atoms with van der Waals surface area (Å²) in [5.74, 6) is 0. The first kappa shape index (κ1) is 79.3. The molecule has 8 heavy (non-hydrogen) atoms. The van der Waals surface area contributed by atoms with Gasteiger partial charge in [-0.25, -0.2) is 0 Å². The van der Waals surface area contributed by atoms with Gasteiger partial charge in [0.05, 0.1) is 0 Å². The fourth-order valence-corrected chi connectivity index (χ4v) is 0. The van der Waals surface area contributed by atoms with Crippen LogP contribution in [0.4, 0.5) is 0 Å². The number of rotatable bonds is 0. The molecule has 0 unspecified atom stereocenters. The van der Waals surface area contributed by atoms with Crippen LogP contribution in [-0.2, 0) is 26.2 Å². The Morgan fingerprint density at radius 2 is 0.625 bits per heavy atom. The Morgan fingerprint density at radius 1 is 0.625 bits per heavy atom. The summed E-state index contributed by atoms with van der Waals surface area (Å²) < 4.78 is 0. The van der Waals surface area contributed by atoms with Gasteiger partial charge in [0.15, 0.2) is 0 Å². The minimum absolute atomic E-state index is 0. The fourth-order valence-electron chi connectivity index (χ4n) is 0. The van der Waals surface area contributed by atoms with Crippen molar-refractivity contribution < 1.29 is 167 Å². The standard InChI is InChI=1S/Ce.La.4H2O.Pr.Zr/h;;4*1H2;;. The van der Waals surface area contributed by atoms with Crippen LogP contribution < -0.4 is 0 Å². The van der Waals surface area contributed by atoms with Gasteiger partial charge in [-0.15, -0.1) is 0 Å². The topological polar surface area (TPSA) is 126 Å². The third kappa shape index (κ3) is 45.8. The summed E-state index contributed by atoms with van der Waals surface area (Å²) in [4.78, 5) is 0. The molecule has 0 bridgehead atoms. The van der Waals surface area contributed by atoms with Crippen LogP contribution in [0.1, 0.15) is 0 Å². The first-order valence-electron chi connectivity index (χ1n) is 0. The Bertz CT molecular complexity index is 16.0. The fraction of sp³-hybridized carbons (Fsp3) is 0. The molecule has 8 N–H and O–H groups in total. The van der Waals surface area contributed by atoms with Crippen LogP contribution in [0.5, 0.6) is 0 Å². The molecule has 0 saturated heterocycles. The van der Waals surface area contributed by atoms with Crippen molar-refractivity contribution in [3.8, 4) is 0 Å². The Balaban J connectivity index is 0. The van der Waals surface area contributed by atoms with Gasteiger partial charge in [0, 0.05) is 145 Å². The Morgan fingerprint density at radius 3 is 0.625 bits per heavy atom. The van der Waals surface area contributed by atoms with E-state index >= 15 is 0 Å². The van der Waals surface area contributed by atoms with Crippen molar-refractivity contribution in [3.63, 3.8) is 0 Å². The summed E-state index contributed by atoms with van der Waals surface area (Å²) in [5.41, 5.74) is 0. The predicted molar refractivity (Wildman–Crippen MR) is 14.5 cm³/mol. The Kier molecular flexibility index (Phi) is 605. The third-order valence-electron chi connectivity index (χ3n) is 0. The van der Waals surface area contributed by atoms with E-state index in [1.165, 1.54) is 0 Å². The third-order valence-corrected chi connectivity index (χ3v) is 0. The van der Waals surface area contributed by atoms with E-state index in [-0.39, 0.29) is 167 Å². The zero-order valence-corrected chi connectivity index (χ0v) is 17.1. The minimum atomic E-state index is 0. The summed E-state index contributed by atoms with van der Waals surface area (Å²) in [7, 11) is 0. The first-order chi connectivity index (χ1) is 0. The smallest absolute Gasteiger partial charge is 0 e. The van der Waals surface area contributed by atoms with Crippen molar-refractivity contribution in [2.45, 2.75) is 0 Å². The molecule has 0 aliphatic rings. The van der Waals surface area contributed by atoms with Gasteiger partial charge in [-0.1, -0.05) is 0 Å². The molecule has 0 aliphatic heterocycles. The monoisotopic (exact) mass is 582 g/mol. The van der Waals surface area contributed by atoms with Crippen molar-refractivity contribution in [2.75, 3.05) is 0 Å². The molecular formula is H8CeLaO4PrZr. The van der Waals surface area contributed by atoms with Crippen LogP contribution >= 0.6 is 0 Å². The maximum atomic E-state index is 0. The number of hydrogen-bond donors (Lipinski definition) is 0. The summed E-state index contributed by atoms with van der Waals surface area (Å²) in [5, 5.41) is 0. The second-order valence-electron chi connectivity index (χ2n) is 0. The largest absolute Gasteiger partial charge is 0.412 e. The van der Waals surface area contributed by atoms with Crippen molar-refractivity contribution >= 4 is 0 Å². The van der Waals surface area contributed by atoms with Crippen LogP contribution in [-0.4, -0.2) is 21.9 Å².